The second kappa shape index (κ2) is 21.3. The van der Waals surface area contributed by atoms with E-state index in [0.717, 1.165) is 64.2 Å². The quantitative estimate of drug-likeness (QED) is 0.0465. The Labute approximate surface area is 410 Å². The Balaban J connectivity index is 0.00000720. The molecule has 354 valence electrons. The van der Waals surface area contributed by atoms with Gasteiger partial charge in [-0.1, -0.05) is 151 Å². The van der Waals surface area contributed by atoms with Crippen LogP contribution in [0, 0.1) is 49.4 Å². The Hall–Kier alpha value is -3.64. The fourth-order valence-corrected chi connectivity index (χ4v) is 11.4. The molecule has 2 fully saturated rings. The van der Waals surface area contributed by atoms with Crippen molar-refractivity contribution in [1.29, 1.82) is 0 Å². The summed E-state index contributed by atoms with van der Waals surface area (Å²) in [4.78, 5) is 51.9. The molecule has 1 N–H and O–H groups in total. The minimum Gasteiger partial charge on any atom is -0.662 e. The van der Waals surface area contributed by atoms with E-state index in [1.54, 1.807) is 0 Å². The topological polar surface area (TPSA) is 148 Å². The van der Waals surface area contributed by atoms with E-state index in [9.17, 15) is 14.4 Å². The molecule has 2 saturated heterocycles. The van der Waals surface area contributed by atoms with Gasteiger partial charge in [-0.25, -0.2) is 0 Å². The first-order chi connectivity index (χ1) is 31.0. The van der Waals surface area contributed by atoms with Gasteiger partial charge >= 0.3 is 35.0 Å². The molecule has 4 aliphatic heterocycles. The fraction of sp³-hybridized carbons (Fsp3) is 0.618. The predicted molar refractivity (Wildman–Crippen MR) is 267 cm³/mol. The normalized spacial score (nSPS) is 28.6. The molecule has 2 aromatic rings. The van der Waals surface area contributed by atoms with Gasteiger partial charge in [0.05, 0.1) is 7.11 Å². The van der Waals surface area contributed by atoms with Crippen LogP contribution in [0.2, 0.25) is 0 Å². The summed E-state index contributed by atoms with van der Waals surface area (Å²) in [7, 11) is 1.31. The van der Waals surface area contributed by atoms with Crippen molar-refractivity contribution in [3.8, 4) is 0 Å². The Bertz CT molecular complexity index is 2490. The van der Waals surface area contributed by atoms with Crippen molar-refractivity contribution < 1.29 is 23.9 Å². The van der Waals surface area contributed by atoms with Gasteiger partial charge in [-0.3, -0.25) is 14.4 Å². The third kappa shape index (κ3) is 10.2. The zero-order valence-electron chi connectivity index (χ0n) is 41.9. The second-order valence-corrected chi connectivity index (χ2v) is 20.8. The summed E-state index contributed by atoms with van der Waals surface area (Å²) in [5.74, 6) is -0.333. The number of carbonyl (C=O) groups is 3. The molecule has 10 nitrogen and oxygen atoms in total. The first-order valence-corrected chi connectivity index (χ1v) is 24.8. The monoisotopic (exact) mass is 910 g/mol. The largest absolute Gasteiger partial charge is 2.00 e. The average molecular weight is 911 g/mol. The number of esters is 2. The minimum absolute atomic E-state index is 0. The van der Waals surface area contributed by atoms with Gasteiger partial charge in [0.1, 0.15) is 12.5 Å². The second-order valence-electron chi connectivity index (χ2n) is 20.8. The van der Waals surface area contributed by atoms with E-state index in [1.165, 1.54) is 57.6 Å². The molecule has 1 aliphatic carbocycles. The molecule has 0 amide bonds. The Kier molecular flexibility index (Phi) is 16.7. The van der Waals surface area contributed by atoms with Gasteiger partial charge in [-0.05, 0) is 88.4 Å². The summed E-state index contributed by atoms with van der Waals surface area (Å²) in [6, 6.07) is -0.901. The molecule has 8 bridgehead atoms. The maximum absolute atomic E-state index is 14.4. The van der Waals surface area contributed by atoms with Crippen LogP contribution in [-0.2, 0) is 19.1 Å². The van der Waals surface area contributed by atoms with Crippen molar-refractivity contribution in [2.75, 3.05) is 13.7 Å². The van der Waals surface area contributed by atoms with Crippen molar-refractivity contribution in [2.24, 2.45) is 35.5 Å². The summed E-state index contributed by atoms with van der Waals surface area (Å²) in [5.41, 5.74) is 5.81. The molecule has 66 heavy (non-hydrogen) atoms. The number of nitrogens with zero attached hydrogens (tertiary/aromatic N) is 4. The Morgan fingerprint density at radius 2 is 1.64 bits per heavy atom. The number of aromatic nitrogens is 2. The molecule has 11 heteroatoms. The Morgan fingerprint density at radius 3 is 2.29 bits per heavy atom. The van der Waals surface area contributed by atoms with Crippen molar-refractivity contribution in [3.63, 3.8) is 0 Å². The van der Waals surface area contributed by atoms with Crippen LogP contribution in [0.1, 0.15) is 159 Å². The molecular weight excluding hydrogens is 835 g/mol. The maximum atomic E-state index is 14.4. The first kappa shape index (κ1) is 51.7. The van der Waals surface area contributed by atoms with Crippen LogP contribution in [0.3, 0.4) is 0 Å². The molecule has 0 radical (unpaired) electrons. The number of hydrogen-bond acceptors (Lipinski definition) is 6. The van der Waals surface area contributed by atoms with Gasteiger partial charge in [-0.2, -0.15) is 0 Å². The van der Waals surface area contributed by atoms with Gasteiger partial charge in [0.15, 0.2) is 5.78 Å². The van der Waals surface area contributed by atoms with E-state index in [0.29, 0.717) is 39.7 Å². The number of rotatable bonds is 20. The van der Waals surface area contributed by atoms with Crippen LogP contribution in [-0.4, -0.2) is 77.8 Å². The summed E-state index contributed by atoms with van der Waals surface area (Å²) >= 11 is 0. The van der Waals surface area contributed by atoms with E-state index < -0.39 is 23.6 Å². The average Bonchev–Trinajstić information content (AvgIpc) is 3.67. The predicted octanol–water partition coefficient (Wildman–Crippen LogP) is 7.87. The number of fused-ring (bicyclic) bond motifs is 7. The number of Topliss-reactive ketones (excluding diaryl/α,β-unsaturated/α-hetero) is 1. The molecule has 0 aromatic carbocycles. The number of hydrogen-bond donors (Lipinski definition) is 1. The molecule has 6 heterocycles. The van der Waals surface area contributed by atoms with Crippen LogP contribution in [0.4, 0.5) is 0 Å². The number of methoxy groups -OCH3 is 1. The van der Waals surface area contributed by atoms with Crippen LogP contribution < -0.4 is 36.7 Å². The molecule has 2 aromatic heterocycles. The zero-order chi connectivity index (χ0) is 47.0. The van der Waals surface area contributed by atoms with E-state index in [2.05, 4.69) is 86.4 Å². The number of ketones is 1. The number of carbonyl (C=O) groups excluding carboxylic acids is 3. The molecule has 0 saturated carbocycles. The summed E-state index contributed by atoms with van der Waals surface area (Å²) in [6.07, 6.45) is 22.8. The van der Waals surface area contributed by atoms with E-state index in [-0.39, 0.29) is 71.2 Å². The van der Waals surface area contributed by atoms with Crippen LogP contribution in [0.25, 0.3) is 40.5 Å². The summed E-state index contributed by atoms with van der Waals surface area (Å²) in [5, 5.41) is 17.1. The van der Waals surface area contributed by atoms with Crippen molar-refractivity contribution in [2.45, 2.75) is 170 Å². The molecular formula is C55H75MgN5O5-2. The summed E-state index contributed by atoms with van der Waals surface area (Å²) in [6.45, 7) is 26.3. The SMILES string of the molecule is C=Cc1c(C)/c2[n-]/c1=C\[C@]13[N-]C(=C(CC)[C@@]1(C)N3)/C=c1\[n-]c3c(c1C)C(=O)[C@H](C(=O)OC)C=3C1[N-]C(\C=2)[C@@H](C)[C@@H]1CCC(=O)OC/C=C(\C)CCC[C@H](C)CCC[C@H](C)CCCC(C)C.[Mg+2]. The van der Waals surface area contributed by atoms with Crippen molar-refractivity contribution >= 4 is 70.7 Å². The summed E-state index contributed by atoms with van der Waals surface area (Å²) < 4.78 is 11.1. The fourth-order valence-electron chi connectivity index (χ4n) is 11.4. The third-order valence-corrected chi connectivity index (χ3v) is 15.7. The zero-order valence-corrected chi connectivity index (χ0v) is 43.4. The number of nitrogens with one attached hydrogen (secondary N) is 1. The standard InChI is InChI=1S/C55H75N5O5.Mg/c1-13-38-35(8)41-28-42-36(9)39(24-25-46(61)65-27-26-34(7)23-17-22-33(6)21-16-20-32(5)19-15-18-31(3)4)50(57-42)48-49(53(63)64-12)52(62)47-37(10)43(58-51(47)48)29-44-40(14-2)54(11)55(59-44,60-54)30-45(38)56-41;/h13,26,28-33,36,39,42,49-50,60H,1,14-25,27H2,2-12H3;/q-4;+2/b34-26+,41-28-,43-29-,45-30-;/t32-,33-,36+,39+,42?,49-,50?,54-,55-;/m1./s1. The maximum Gasteiger partial charge on any atom is 2.00 e. The number of ether oxygens (including phenoxy) is 2. The smallest absolute Gasteiger partial charge is 0.662 e. The number of allylic oxidation sites excluding steroid dienone is 2. The van der Waals surface area contributed by atoms with Crippen LogP contribution in [0.15, 0.2) is 29.5 Å². The van der Waals surface area contributed by atoms with E-state index in [1.807, 2.05) is 25.2 Å². The van der Waals surface area contributed by atoms with Crippen LogP contribution in [0.5, 0.6) is 0 Å². The van der Waals surface area contributed by atoms with Crippen LogP contribution >= 0.6 is 0 Å². The minimum atomic E-state index is -1.17. The van der Waals surface area contributed by atoms with Gasteiger partial charge in [0.2, 0.25) is 0 Å². The molecule has 2 unspecified atom stereocenters. The van der Waals surface area contributed by atoms with Gasteiger partial charge in [0.25, 0.3) is 0 Å². The molecule has 5 aliphatic rings. The van der Waals surface area contributed by atoms with Gasteiger partial charge in [0, 0.05) is 17.5 Å². The Morgan fingerprint density at radius 1 is 0.955 bits per heavy atom. The molecule has 7 rings (SSSR count). The van der Waals surface area contributed by atoms with E-state index >= 15 is 0 Å². The third-order valence-electron chi connectivity index (χ3n) is 15.7. The van der Waals surface area contributed by atoms with Gasteiger partial charge < -0.3 is 35.4 Å². The molecule has 9 atom stereocenters. The van der Waals surface area contributed by atoms with E-state index in [4.69, 9.17) is 30.1 Å². The van der Waals surface area contributed by atoms with Crippen molar-refractivity contribution in [3.05, 3.63) is 83.8 Å². The van der Waals surface area contributed by atoms with Crippen molar-refractivity contribution in [1.82, 2.24) is 15.3 Å². The van der Waals surface area contributed by atoms with Gasteiger partial charge in [-0.15, -0.1) is 45.3 Å². The first-order valence-electron chi connectivity index (χ1n) is 24.8. The molecule has 1 spiro atoms.